The van der Waals surface area contributed by atoms with Crippen molar-refractivity contribution in [1.29, 1.82) is 0 Å². The fourth-order valence-electron chi connectivity index (χ4n) is 2.97. The van der Waals surface area contributed by atoms with E-state index in [1.165, 1.54) is 7.11 Å². The lowest BCUT2D eigenvalue weighted by atomic mass is 10.0. The van der Waals surface area contributed by atoms with Crippen molar-refractivity contribution >= 4 is 34.2 Å². The molecule has 1 heterocycles. The number of carbonyl (C=O) groups excluding carboxylic acids is 1. The standard InChI is InChI=1S/C21H16ClN3O2/c1-27-19-8-3-2-7-17(19)21(26)23-20-16-10-9-14(12-18(16)24-25-20)13-5-4-6-15(22)11-13/h2-12H,1H3,(H2,23,24,25,26). The number of amides is 1. The summed E-state index contributed by atoms with van der Waals surface area (Å²) in [5.41, 5.74) is 3.30. The Balaban J connectivity index is 1.65. The van der Waals surface area contributed by atoms with E-state index in [0.29, 0.717) is 22.2 Å². The van der Waals surface area contributed by atoms with Crippen LogP contribution in [0.2, 0.25) is 5.02 Å². The molecule has 0 unspecified atom stereocenters. The number of carbonyl (C=O) groups is 1. The maximum Gasteiger partial charge on any atom is 0.260 e. The van der Waals surface area contributed by atoms with Crippen LogP contribution in [0, 0.1) is 0 Å². The predicted octanol–water partition coefficient (Wildman–Crippen LogP) is 5.14. The van der Waals surface area contributed by atoms with Crippen LogP contribution in [-0.4, -0.2) is 23.2 Å². The number of methoxy groups -OCH3 is 1. The number of hydrogen-bond donors (Lipinski definition) is 2. The molecule has 4 rings (SSSR count). The van der Waals surface area contributed by atoms with Gasteiger partial charge in [0.15, 0.2) is 5.82 Å². The first-order valence-electron chi connectivity index (χ1n) is 8.34. The SMILES string of the molecule is COc1ccccc1C(=O)Nc1n[nH]c2cc(-c3cccc(Cl)c3)ccc12. The average Bonchev–Trinajstić information content (AvgIpc) is 3.10. The van der Waals surface area contributed by atoms with E-state index < -0.39 is 0 Å². The molecule has 4 aromatic rings. The zero-order valence-corrected chi connectivity index (χ0v) is 15.2. The second kappa shape index (κ2) is 7.13. The summed E-state index contributed by atoms with van der Waals surface area (Å²) in [5.74, 6) is 0.705. The molecule has 0 saturated heterocycles. The highest BCUT2D eigenvalue weighted by Gasteiger charge is 2.15. The van der Waals surface area contributed by atoms with E-state index in [9.17, 15) is 4.79 Å². The molecule has 0 atom stereocenters. The molecule has 0 aliphatic rings. The molecule has 0 fully saturated rings. The summed E-state index contributed by atoms with van der Waals surface area (Å²) < 4.78 is 5.25. The van der Waals surface area contributed by atoms with Gasteiger partial charge in [0.25, 0.3) is 5.91 Å². The summed E-state index contributed by atoms with van der Waals surface area (Å²) in [6, 6.07) is 20.6. The first-order chi connectivity index (χ1) is 13.2. The van der Waals surface area contributed by atoms with E-state index in [4.69, 9.17) is 16.3 Å². The maximum atomic E-state index is 12.6. The maximum absolute atomic E-state index is 12.6. The highest BCUT2D eigenvalue weighted by Crippen LogP contribution is 2.29. The van der Waals surface area contributed by atoms with E-state index in [1.807, 2.05) is 48.5 Å². The van der Waals surface area contributed by atoms with Crippen LogP contribution >= 0.6 is 11.6 Å². The summed E-state index contributed by atoms with van der Waals surface area (Å²) in [6.07, 6.45) is 0. The number of aromatic nitrogens is 2. The van der Waals surface area contributed by atoms with Gasteiger partial charge in [0.1, 0.15) is 5.75 Å². The number of para-hydroxylation sites is 1. The number of halogens is 1. The second-order valence-electron chi connectivity index (χ2n) is 6.00. The molecule has 134 valence electrons. The topological polar surface area (TPSA) is 67.0 Å². The van der Waals surface area contributed by atoms with Crippen molar-refractivity contribution in [2.45, 2.75) is 0 Å². The van der Waals surface area contributed by atoms with Gasteiger partial charge in [0.05, 0.1) is 18.2 Å². The summed E-state index contributed by atoms with van der Waals surface area (Å²) in [6.45, 7) is 0. The van der Waals surface area contributed by atoms with Crippen molar-refractivity contribution in [1.82, 2.24) is 10.2 Å². The molecule has 5 nitrogen and oxygen atoms in total. The number of ether oxygens (including phenoxy) is 1. The zero-order valence-electron chi connectivity index (χ0n) is 14.5. The molecular weight excluding hydrogens is 362 g/mol. The number of nitrogens with one attached hydrogen (secondary N) is 2. The fraction of sp³-hybridized carbons (Fsp3) is 0.0476. The number of nitrogens with zero attached hydrogens (tertiary/aromatic N) is 1. The van der Waals surface area contributed by atoms with Gasteiger partial charge in [-0.2, -0.15) is 5.10 Å². The summed E-state index contributed by atoms with van der Waals surface area (Å²) in [5, 5.41) is 11.6. The summed E-state index contributed by atoms with van der Waals surface area (Å²) in [4.78, 5) is 12.6. The third-order valence-corrected chi connectivity index (χ3v) is 4.54. The average molecular weight is 378 g/mol. The minimum absolute atomic E-state index is 0.278. The van der Waals surface area contributed by atoms with Crippen LogP contribution in [0.1, 0.15) is 10.4 Å². The van der Waals surface area contributed by atoms with Crippen LogP contribution in [0.25, 0.3) is 22.0 Å². The van der Waals surface area contributed by atoms with Crippen molar-refractivity contribution in [2.24, 2.45) is 0 Å². The molecule has 0 bridgehead atoms. The van der Waals surface area contributed by atoms with Gasteiger partial charge in [0, 0.05) is 10.4 Å². The van der Waals surface area contributed by atoms with Gasteiger partial charge in [-0.25, -0.2) is 0 Å². The lowest BCUT2D eigenvalue weighted by Gasteiger charge is -2.08. The van der Waals surface area contributed by atoms with Crippen LogP contribution in [0.4, 0.5) is 5.82 Å². The van der Waals surface area contributed by atoms with E-state index in [-0.39, 0.29) is 5.91 Å². The number of H-pyrrole nitrogens is 1. The lowest BCUT2D eigenvalue weighted by molar-refractivity contribution is 0.102. The third kappa shape index (κ3) is 3.37. The largest absolute Gasteiger partial charge is 0.496 e. The van der Waals surface area contributed by atoms with Crippen LogP contribution in [0.3, 0.4) is 0 Å². The molecule has 1 aromatic heterocycles. The monoisotopic (exact) mass is 377 g/mol. The van der Waals surface area contributed by atoms with Gasteiger partial charge in [-0.15, -0.1) is 0 Å². The first kappa shape index (κ1) is 17.1. The number of rotatable bonds is 4. The van der Waals surface area contributed by atoms with E-state index in [1.54, 1.807) is 18.2 Å². The molecule has 1 amide bonds. The van der Waals surface area contributed by atoms with Crippen molar-refractivity contribution in [3.63, 3.8) is 0 Å². The van der Waals surface area contributed by atoms with E-state index in [2.05, 4.69) is 15.5 Å². The molecule has 0 spiro atoms. The Hall–Kier alpha value is -3.31. The Morgan fingerprint density at radius 2 is 1.85 bits per heavy atom. The second-order valence-corrected chi connectivity index (χ2v) is 6.43. The van der Waals surface area contributed by atoms with Crippen LogP contribution in [0.5, 0.6) is 5.75 Å². The zero-order chi connectivity index (χ0) is 18.8. The minimum Gasteiger partial charge on any atom is -0.496 e. The summed E-state index contributed by atoms with van der Waals surface area (Å²) >= 11 is 6.08. The molecule has 2 N–H and O–H groups in total. The lowest BCUT2D eigenvalue weighted by Crippen LogP contribution is -2.13. The Kier molecular flexibility index (Phi) is 4.52. The van der Waals surface area contributed by atoms with Crippen molar-refractivity contribution in [3.05, 3.63) is 77.3 Å². The Bertz CT molecular complexity index is 1140. The van der Waals surface area contributed by atoms with Crippen molar-refractivity contribution in [2.75, 3.05) is 12.4 Å². The van der Waals surface area contributed by atoms with Crippen LogP contribution in [0.15, 0.2) is 66.7 Å². The highest BCUT2D eigenvalue weighted by atomic mass is 35.5. The molecule has 27 heavy (non-hydrogen) atoms. The predicted molar refractivity (Wildman–Crippen MR) is 107 cm³/mol. The summed E-state index contributed by atoms with van der Waals surface area (Å²) in [7, 11) is 1.54. The molecule has 0 aliphatic heterocycles. The highest BCUT2D eigenvalue weighted by molar-refractivity contribution is 6.30. The molecule has 6 heteroatoms. The minimum atomic E-state index is -0.278. The van der Waals surface area contributed by atoms with Gasteiger partial charge in [-0.1, -0.05) is 41.9 Å². The van der Waals surface area contributed by atoms with E-state index >= 15 is 0 Å². The molecule has 3 aromatic carbocycles. The number of fused-ring (bicyclic) bond motifs is 1. The fourth-order valence-corrected chi connectivity index (χ4v) is 3.16. The third-order valence-electron chi connectivity index (χ3n) is 4.30. The van der Waals surface area contributed by atoms with E-state index in [0.717, 1.165) is 22.0 Å². The number of aromatic amines is 1. The Morgan fingerprint density at radius 3 is 2.67 bits per heavy atom. The van der Waals surface area contributed by atoms with Gasteiger partial charge >= 0.3 is 0 Å². The van der Waals surface area contributed by atoms with Crippen LogP contribution < -0.4 is 10.1 Å². The quantitative estimate of drug-likeness (QED) is 0.517. The Morgan fingerprint density at radius 1 is 1.04 bits per heavy atom. The van der Waals surface area contributed by atoms with Gasteiger partial charge < -0.3 is 10.1 Å². The van der Waals surface area contributed by atoms with Gasteiger partial charge in [0.2, 0.25) is 0 Å². The molecule has 0 aliphatic carbocycles. The Labute approximate surface area is 160 Å². The van der Waals surface area contributed by atoms with Crippen molar-refractivity contribution < 1.29 is 9.53 Å². The smallest absolute Gasteiger partial charge is 0.260 e. The first-order valence-corrected chi connectivity index (χ1v) is 8.72. The number of hydrogen-bond acceptors (Lipinski definition) is 3. The van der Waals surface area contributed by atoms with Crippen LogP contribution in [-0.2, 0) is 0 Å². The van der Waals surface area contributed by atoms with Crippen molar-refractivity contribution in [3.8, 4) is 16.9 Å². The van der Waals surface area contributed by atoms with Gasteiger partial charge in [-0.3, -0.25) is 9.89 Å². The number of anilines is 1. The normalized spacial score (nSPS) is 10.7. The van der Waals surface area contributed by atoms with Gasteiger partial charge in [-0.05, 0) is 47.5 Å². The molecular formula is C21H16ClN3O2. The number of benzene rings is 3. The molecule has 0 radical (unpaired) electrons. The molecule has 0 saturated carbocycles.